The SMILES string of the molecule is CCCCOc1ccc(CNC(=O)CC2CCCC2)cc1OC. The molecule has 4 nitrogen and oxygen atoms in total. The van der Waals surface area contributed by atoms with Crippen LogP contribution in [0, 0.1) is 5.92 Å². The third kappa shape index (κ3) is 5.77. The number of carbonyl (C=O) groups excluding carboxylic acids is 1. The van der Waals surface area contributed by atoms with Gasteiger partial charge in [0.2, 0.25) is 5.91 Å². The number of rotatable bonds is 9. The summed E-state index contributed by atoms with van der Waals surface area (Å²) in [4.78, 5) is 12.0. The normalized spacial score (nSPS) is 14.7. The first kappa shape index (κ1) is 17.6. The van der Waals surface area contributed by atoms with E-state index in [1.54, 1.807) is 7.11 Å². The highest BCUT2D eigenvalue weighted by atomic mass is 16.5. The van der Waals surface area contributed by atoms with E-state index in [-0.39, 0.29) is 5.91 Å². The molecule has 1 aromatic rings. The van der Waals surface area contributed by atoms with Crippen LogP contribution in [0.2, 0.25) is 0 Å². The molecule has 1 aliphatic carbocycles. The molecule has 1 amide bonds. The lowest BCUT2D eigenvalue weighted by molar-refractivity contribution is -0.122. The zero-order valence-electron chi connectivity index (χ0n) is 14.4. The van der Waals surface area contributed by atoms with Crippen LogP contribution in [-0.4, -0.2) is 19.6 Å². The zero-order valence-corrected chi connectivity index (χ0v) is 14.4. The summed E-state index contributed by atoms with van der Waals surface area (Å²) in [6.45, 7) is 3.37. The van der Waals surface area contributed by atoms with Gasteiger partial charge in [-0.2, -0.15) is 0 Å². The van der Waals surface area contributed by atoms with E-state index in [1.807, 2.05) is 18.2 Å². The second-order valence-electron chi connectivity index (χ2n) is 6.32. The van der Waals surface area contributed by atoms with Crippen molar-refractivity contribution in [1.82, 2.24) is 5.32 Å². The van der Waals surface area contributed by atoms with E-state index in [4.69, 9.17) is 9.47 Å². The fourth-order valence-electron chi connectivity index (χ4n) is 3.02. The Hall–Kier alpha value is -1.71. The molecule has 2 rings (SSSR count). The number of nitrogens with one attached hydrogen (secondary N) is 1. The van der Waals surface area contributed by atoms with Gasteiger partial charge in [0.05, 0.1) is 13.7 Å². The summed E-state index contributed by atoms with van der Waals surface area (Å²) in [5.41, 5.74) is 1.03. The number of methoxy groups -OCH3 is 1. The van der Waals surface area contributed by atoms with Crippen molar-refractivity contribution in [2.45, 2.75) is 58.4 Å². The molecule has 128 valence electrons. The summed E-state index contributed by atoms with van der Waals surface area (Å²) >= 11 is 0. The molecule has 0 aliphatic heterocycles. The van der Waals surface area contributed by atoms with Gasteiger partial charge in [-0.15, -0.1) is 0 Å². The quantitative estimate of drug-likeness (QED) is 0.698. The van der Waals surface area contributed by atoms with Crippen molar-refractivity contribution in [3.05, 3.63) is 23.8 Å². The van der Waals surface area contributed by atoms with Crippen LogP contribution in [0.25, 0.3) is 0 Å². The van der Waals surface area contributed by atoms with E-state index in [0.717, 1.165) is 29.9 Å². The molecule has 0 radical (unpaired) electrons. The molecule has 0 aromatic heterocycles. The van der Waals surface area contributed by atoms with Gasteiger partial charge in [-0.25, -0.2) is 0 Å². The summed E-state index contributed by atoms with van der Waals surface area (Å²) in [6.07, 6.45) is 7.74. The van der Waals surface area contributed by atoms with Crippen LogP contribution in [0.1, 0.15) is 57.4 Å². The molecular weight excluding hydrogens is 290 g/mol. The lowest BCUT2D eigenvalue weighted by Crippen LogP contribution is -2.24. The number of hydrogen-bond acceptors (Lipinski definition) is 3. The van der Waals surface area contributed by atoms with Crippen LogP contribution in [0.5, 0.6) is 11.5 Å². The third-order valence-electron chi connectivity index (χ3n) is 4.42. The molecule has 0 atom stereocenters. The van der Waals surface area contributed by atoms with E-state index in [1.165, 1.54) is 25.7 Å². The molecule has 1 fully saturated rings. The first-order valence-corrected chi connectivity index (χ1v) is 8.79. The highest BCUT2D eigenvalue weighted by Crippen LogP contribution is 2.29. The van der Waals surface area contributed by atoms with Crippen LogP contribution in [0.3, 0.4) is 0 Å². The van der Waals surface area contributed by atoms with Crippen molar-refractivity contribution in [3.8, 4) is 11.5 Å². The van der Waals surface area contributed by atoms with Crippen LogP contribution in [0.15, 0.2) is 18.2 Å². The fraction of sp³-hybridized carbons (Fsp3) is 0.632. The third-order valence-corrected chi connectivity index (χ3v) is 4.42. The molecule has 0 saturated heterocycles. The summed E-state index contributed by atoms with van der Waals surface area (Å²) in [5, 5.41) is 3.01. The average molecular weight is 319 g/mol. The van der Waals surface area contributed by atoms with E-state index >= 15 is 0 Å². The predicted molar refractivity (Wildman–Crippen MR) is 91.8 cm³/mol. The maximum atomic E-state index is 12.0. The molecule has 0 bridgehead atoms. The minimum absolute atomic E-state index is 0.152. The Balaban J connectivity index is 1.83. The Labute approximate surface area is 139 Å². The minimum atomic E-state index is 0.152. The first-order chi connectivity index (χ1) is 11.2. The number of unbranched alkanes of at least 4 members (excludes halogenated alkanes) is 1. The number of ether oxygens (including phenoxy) is 2. The molecule has 0 spiro atoms. The largest absolute Gasteiger partial charge is 0.493 e. The zero-order chi connectivity index (χ0) is 16.5. The van der Waals surface area contributed by atoms with Crippen molar-refractivity contribution < 1.29 is 14.3 Å². The van der Waals surface area contributed by atoms with Crippen molar-refractivity contribution in [2.75, 3.05) is 13.7 Å². The molecule has 0 unspecified atom stereocenters. The summed E-state index contributed by atoms with van der Waals surface area (Å²) < 4.78 is 11.1. The Morgan fingerprint density at radius 2 is 2.04 bits per heavy atom. The van der Waals surface area contributed by atoms with E-state index in [9.17, 15) is 4.79 Å². The monoisotopic (exact) mass is 319 g/mol. The van der Waals surface area contributed by atoms with Crippen LogP contribution < -0.4 is 14.8 Å². The molecule has 0 heterocycles. The summed E-state index contributed by atoms with van der Waals surface area (Å²) in [5.74, 6) is 2.23. The number of amides is 1. The Kier molecular flexibility index (Phi) is 7.24. The standard InChI is InChI=1S/C19H29NO3/c1-3-4-11-23-17-10-9-16(12-18(17)22-2)14-20-19(21)13-15-7-5-6-8-15/h9-10,12,15H,3-8,11,13-14H2,1-2H3,(H,20,21). The van der Waals surface area contributed by atoms with E-state index in [2.05, 4.69) is 12.2 Å². The minimum Gasteiger partial charge on any atom is -0.493 e. The van der Waals surface area contributed by atoms with Crippen molar-refractivity contribution in [2.24, 2.45) is 5.92 Å². The van der Waals surface area contributed by atoms with Crippen molar-refractivity contribution in [3.63, 3.8) is 0 Å². The number of hydrogen-bond donors (Lipinski definition) is 1. The second kappa shape index (κ2) is 9.43. The van der Waals surface area contributed by atoms with Gasteiger partial charge in [-0.1, -0.05) is 32.3 Å². The Bertz CT molecular complexity index is 495. The predicted octanol–water partition coefficient (Wildman–Crippen LogP) is 4.07. The van der Waals surface area contributed by atoms with Crippen LogP contribution >= 0.6 is 0 Å². The van der Waals surface area contributed by atoms with Gasteiger partial charge >= 0.3 is 0 Å². The Morgan fingerprint density at radius 1 is 1.26 bits per heavy atom. The topological polar surface area (TPSA) is 47.6 Å². The van der Waals surface area contributed by atoms with Gasteiger partial charge in [0, 0.05) is 13.0 Å². The van der Waals surface area contributed by atoms with Gasteiger partial charge in [-0.05, 0) is 42.9 Å². The lowest BCUT2D eigenvalue weighted by Gasteiger charge is -2.13. The molecule has 4 heteroatoms. The maximum Gasteiger partial charge on any atom is 0.220 e. The second-order valence-corrected chi connectivity index (χ2v) is 6.32. The van der Waals surface area contributed by atoms with Gasteiger partial charge in [0.15, 0.2) is 11.5 Å². The smallest absolute Gasteiger partial charge is 0.220 e. The van der Waals surface area contributed by atoms with Gasteiger partial charge < -0.3 is 14.8 Å². The summed E-state index contributed by atoms with van der Waals surface area (Å²) in [6, 6.07) is 5.85. The summed E-state index contributed by atoms with van der Waals surface area (Å²) in [7, 11) is 1.64. The Morgan fingerprint density at radius 3 is 2.74 bits per heavy atom. The molecule has 23 heavy (non-hydrogen) atoms. The van der Waals surface area contributed by atoms with Gasteiger partial charge in [0.1, 0.15) is 0 Å². The van der Waals surface area contributed by atoms with Crippen LogP contribution in [-0.2, 0) is 11.3 Å². The molecule has 1 aromatic carbocycles. The molecule has 1 aliphatic rings. The van der Waals surface area contributed by atoms with Gasteiger partial charge in [-0.3, -0.25) is 4.79 Å². The lowest BCUT2D eigenvalue weighted by atomic mass is 10.0. The maximum absolute atomic E-state index is 12.0. The average Bonchev–Trinajstić information content (AvgIpc) is 3.06. The highest BCUT2D eigenvalue weighted by Gasteiger charge is 2.18. The van der Waals surface area contributed by atoms with Crippen LogP contribution in [0.4, 0.5) is 0 Å². The fourth-order valence-corrected chi connectivity index (χ4v) is 3.02. The van der Waals surface area contributed by atoms with Crippen molar-refractivity contribution in [1.29, 1.82) is 0 Å². The van der Waals surface area contributed by atoms with E-state index < -0.39 is 0 Å². The number of benzene rings is 1. The first-order valence-electron chi connectivity index (χ1n) is 8.79. The molecule has 1 N–H and O–H groups in total. The number of carbonyl (C=O) groups is 1. The highest BCUT2D eigenvalue weighted by molar-refractivity contribution is 5.76. The van der Waals surface area contributed by atoms with Gasteiger partial charge in [0.25, 0.3) is 0 Å². The van der Waals surface area contributed by atoms with Crippen molar-refractivity contribution >= 4 is 5.91 Å². The molecule has 1 saturated carbocycles. The molecular formula is C19H29NO3. The van der Waals surface area contributed by atoms with E-state index in [0.29, 0.717) is 25.5 Å².